The van der Waals surface area contributed by atoms with Gasteiger partial charge in [-0.15, -0.1) is 0 Å². The molecule has 6 heteroatoms. The minimum absolute atomic E-state index is 0. The molecule has 0 atom stereocenters. The summed E-state index contributed by atoms with van der Waals surface area (Å²) in [6.07, 6.45) is 0. The van der Waals surface area contributed by atoms with E-state index < -0.39 is 17.4 Å². The number of aliphatic carboxylic acids is 1. The fourth-order valence-corrected chi connectivity index (χ4v) is 0.105. The van der Waals surface area contributed by atoms with Crippen molar-refractivity contribution >= 4 is 5.97 Å². The largest absolute Gasteiger partial charge is 1.00 e. The van der Waals surface area contributed by atoms with Crippen LogP contribution < -0.4 is 56.5 Å². The number of hydrogen-bond donors (Lipinski definition) is 0. The summed E-state index contributed by atoms with van der Waals surface area (Å²) >= 11 is 0. The third-order valence-electron chi connectivity index (χ3n) is 0.258. The van der Waals surface area contributed by atoms with Gasteiger partial charge in [-0.05, 0) is 0 Å². The number of carboxylic acids is 1. The van der Waals surface area contributed by atoms with Crippen LogP contribution in [0.1, 0.15) is 0 Å². The summed E-state index contributed by atoms with van der Waals surface area (Å²) < 4.78 is 0. The Morgan fingerprint density at radius 2 is 2.00 bits per heavy atom. The number of rotatable bonds is 2. The predicted octanol–water partition coefficient (Wildman–Crippen LogP) is -4.98. The number of carbonyl (C=O) groups is 1. The normalized spacial score (nSPS) is 7.00. The predicted molar refractivity (Wildman–Crippen MR) is 16.9 cm³/mol. The fraction of sp³-hybridized carbons (Fsp3) is 0.500. The van der Waals surface area contributed by atoms with Crippen LogP contribution in [0.4, 0.5) is 0 Å². The maximum Gasteiger partial charge on any atom is 1.00 e. The molecule has 0 spiro atoms. The van der Waals surface area contributed by atoms with Gasteiger partial charge in [-0.25, -0.2) is 0 Å². The van der Waals surface area contributed by atoms with Crippen molar-refractivity contribution in [2.45, 2.75) is 0 Å². The van der Waals surface area contributed by atoms with Gasteiger partial charge in [0.2, 0.25) is 6.54 Å². The Morgan fingerprint density at radius 3 is 2.00 bits per heavy atom. The number of carboxylic acid groups (broad SMARTS) is 1. The van der Waals surface area contributed by atoms with Crippen LogP contribution in [0.15, 0.2) is 0 Å². The standard InChI is InChI=1S/C2H3NO4.K/c4-2(5)1-3(6)7;/h1H2,(H,4,5);/q;+1/p-1. The molecule has 0 unspecified atom stereocenters. The van der Waals surface area contributed by atoms with Crippen LogP contribution >= 0.6 is 0 Å². The van der Waals surface area contributed by atoms with E-state index in [2.05, 4.69) is 0 Å². The van der Waals surface area contributed by atoms with Gasteiger partial charge in [0.25, 0.3) is 0 Å². The molecule has 5 nitrogen and oxygen atoms in total. The van der Waals surface area contributed by atoms with Gasteiger partial charge in [0.05, 0.1) is 0 Å². The maximum absolute atomic E-state index is 9.26. The van der Waals surface area contributed by atoms with E-state index >= 15 is 0 Å². The SMILES string of the molecule is O=C([O-])C[N+](=O)[O-].[K+]. The molecule has 0 radical (unpaired) electrons. The molecule has 0 bridgehead atoms. The second-order valence-corrected chi connectivity index (χ2v) is 0.863. The van der Waals surface area contributed by atoms with E-state index in [1.165, 1.54) is 0 Å². The van der Waals surface area contributed by atoms with Gasteiger partial charge in [0, 0.05) is 4.92 Å². The molecule has 8 heavy (non-hydrogen) atoms. The average Bonchev–Trinajstić information content (AvgIpc) is 1.27. The minimum atomic E-state index is -1.66. The Bertz CT molecular complexity index is 90.2. The zero-order valence-corrected chi connectivity index (χ0v) is 7.41. The van der Waals surface area contributed by atoms with Crippen molar-refractivity contribution in [3.05, 3.63) is 10.1 Å². The molecule has 40 valence electrons. The third-order valence-corrected chi connectivity index (χ3v) is 0.258. The van der Waals surface area contributed by atoms with Crippen LogP contribution in [-0.4, -0.2) is 17.4 Å². The average molecular weight is 143 g/mol. The van der Waals surface area contributed by atoms with Crippen molar-refractivity contribution < 1.29 is 66.2 Å². The Labute approximate surface area is 87.6 Å². The number of carbonyl (C=O) groups excluding carboxylic acids is 1. The number of nitrogens with zero attached hydrogens (tertiary/aromatic N) is 1. The van der Waals surface area contributed by atoms with Gasteiger partial charge in [-0.1, -0.05) is 0 Å². The molecule has 0 aliphatic heterocycles. The first kappa shape index (κ1) is 11.3. The van der Waals surface area contributed by atoms with Crippen molar-refractivity contribution in [3.63, 3.8) is 0 Å². The van der Waals surface area contributed by atoms with E-state index in [1.807, 2.05) is 0 Å². The molecule has 0 aliphatic carbocycles. The second kappa shape index (κ2) is 5.64. The van der Waals surface area contributed by atoms with Crippen LogP contribution in [0.2, 0.25) is 0 Å². The second-order valence-electron chi connectivity index (χ2n) is 0.863. The Balaban J connectivity index is 0. The minimum Gasteiger partial charge on any atom is -0.543 e. The first-order valence-corrected chi connectivity index (χ1v) is 1.44. The molecule has 0 rings (SSSR count). The van der Waals surface area contributed by atoms with Crippen LogP contribution in [-0.2, 0) is 4.79 Å². The van der Waals surface area contributed by atoms with E-state index in [0.717, 1.165) is 0 Å². The zero-order valence-electron chi connectivity index (χ0n) is 4.29. The molecule has 0 aliphatic rings. The van der Waals surface area contributed by atoms with Crippen LogP contribution in [0.25, 0.3) is 0 Å². The van der Waals surface area contributed by atoms with Crippen molar-refractivity contribution in [2.24, 2.45) is 0 Å². The molecule has 0 aromatic heterocycles. The smallest absolute Gasteiger partial charge is 0.543 e. The first-order valence-electron chi connectivity index (χ1n) is 1.44. The van der Waals surface area contributed by atoms with Gasteiger partial charge in [-0.3, -0.25) is 10.1 Å². The van der Waals surface area contributed by atoms with E-state index in [-0.39, 0.29) is 51.4 Å². The fourth-order valence-electron chi connectivity index (χ4n) is 0.105. The molecular weight excluding hydrogens is 141 g/mol. The molecule has 0 saturated heterocycles. The summed E-state index contributed by atoms with van der Waals surface area (Å²) in [6, 6.07) is 0. The summed E-state index contributed by atoms with van der Waals surface area (Å²) in [6.45, 7) is -1.11. The first-order chi connectivity index (χ1) is 3.13. The maximum atomic E-state index is 9.26. The molecule has 0 fully saturated rings. The monoisotopic (exact) mass is 143 g/mol. The Kier molecular flexibility index (Phi) is 7.98. The van der Waals surface area contributed by atoms with E-state index in [4.69, 9.17) is 0 Å². The van der Waals surface area contributed by atoms with Crippen molar-refractivity contribution in [2.75, 3.05) is 6.54 Å². The van der Waals surface area contributed by atoms with Crippen molar-refractivity contribution in [1.82, 2.24) is 0 Å². The summed E-state index contributed by atoms with van der Waals surface area (Å²) in [4.78, 5) is 17.5. The van der Waals surface area contributed by atoms with Gasteiger partial charge in [0.1, 0.15) is 5.97 Å². The topological polar surface area (TPSA) is 83.3 Å². The van der Waals surface area contributed by atoms with Crippen LogP contribution in [0.5, 0.6) is 0 Å². The summed E-state index contributed by atoms with van der Waals surface area (Å²) in [5, 5.41) is 18.5. The third kappa shape index (κ3) is 9.71. The molecule has 0 heterocycles. The molecule has 0 saturated carbocycles. The molecular formula is C2H2KNO4. The molecule has 0 aromatic rings. The van der Waals surface area contributed by atoms with Crippen molar-refractivity contribution in [3.8, 4) is 0 Å². The van der Waals surface area contributed by atoms with Gasteiger partial charge in [0.15, 0.2) is 0 Å². The number of nitro groups is 1. The Hall–Kier alpha value is 0.506. The summed E-state index contributed by atoms with van der Waals surface area (Å²) in [5.41, 5.74) is 0. The van der Waals surface area contributed by atoms with Crippen molar-refractivity contribution in [1.29, 1.82) is 0 Å². The summed E-state index contributed by atoms with van der Waals surface area (Å²) in [7, 11) is 0. The quantitative estimate of drug-likeness (QED) is 0.220. The summed E-state index contributed by atoms with van der Waals surface area (Å²) in [5.74, 6) is -1.66. The molecule has 0 amide bonds. The van der Waals surface area contributed by atoms with Gasteiger partial charge in [-0.2, -0.15) is 0 Å². The van der Waals surface area contributed by atoms with Crippen LogP contribution in [0.3, 0.4) is 0 Å². The van der Waals surface area contributed by atoms with Crippen LogP contribution in [0, 0.1) is 10.1 Å². The number of hydrogen-bond acceptors (Lipinski definition) is 4. The van der Waals surface area contributed by atoms with Gasteiger partial charge < -0.3 is 9.90 Å². The molecule has 0 N–H and O–H groups in total. The van der Waals surface area contributed by atoms with Gasteiger partial charge >= 0.3 is 51.4 Å². The zero-order chi connectivity index (χ0) is 5.86. The molecule has 0 aromatic carbocycles. The van der Waals surface area contributed by atoms with E-state index in [1.54, 1.807) is 0 Å². The van der Waals surface area contributed by atoms with E-state index in [9.17, 15) is 20.0 Å². The Morgan fingerprint density at radius 1 is 1.62 bits per heavy atom. The van der Waals surface area contributed by atoms with E-state index in [0.29, 0.717) is 0 Å².